The summed E-state index contributed by atoms with van der Waals surface area (Å²) >= 11 is 0. The molecule has 0 amide bonds. The lowest BCUT2D eigenvalue weighted by Crippen LogP contribution is -2.34. The minimum Gasteiger partial charge on any atom is -0.432 e. The molecule has 1 atom stereocenters. The van der Waals surface area contributed by atoms with Crippen LogP contribution in [0.25, 0.3) is 22.3 Å². The Hall–Kier alpha value is -3.17. The summed E-state index contributed by atoms with van der Waals surface area (Å²) in [5.41, 5.74) is 0.987. The maximum absolute atomic E-state index is 14.5. The largest absolute Gasteiger partial charge is 0.432 e. The summed E-state index contributed by atoms with van der Waals surface area (Å²) < 4.78 is 85.8. The van der Waals surface area contributed by atoms with Crippen molar-refractivity contribution in [3.05, 3.63) is 41.8 Å². The summed E-state index contributed by atoms with van der Waals surface area (Å²) in [6.07, 6.45) is 3.50. The van der Waals surface area contributed by atoms with Gasteiger partial charge in [0.05, 0.1) is 22.5 Å². The number of sulfonamides is 1. The number of hydrogen-bond acceptors (Lipinski definition) is 5. The Morgan fingerprint density at radius 2 is 2.06 bits per heavy atom. The lowest BCUT2D eigenvalue weighted by Gasteiger charge is -2.30. The molecular weight excluding hydrogens is 476 g/mol. The summed E-state index contributed by atoms with van der Waals surface area (Å²) in [5, 5.41) is 10.1. The first-order valence-corrected chi connectivity index (χ1v) is 11.9. The number of nitrogens with one attached hydrogen (secondary N) is 1. The van der Waals surface area contributed by atoms with Crippen molar-refractivity contribution in [2.24, 2.45) is 0 Å². The summed E-state index contributed by atoms with van der Waals surface area (Å²) in [6, 6.07) is 5.82. The van der Waals surface area contributed by atoms with E-state index in [1.165, 1.54) is 19.1 Å². The SMILES string of the molecule is C[C@H](CF)NS(=O)(=O)c1ccc(-c2c(C#N)c3cc(F)c(OC(F)F)cc3n2C2CCC2)nc1. The minimum atomic E-state index is -4.02. The van der Waals surface area contributed by atoms with Gasteiger partial charge in [0.2, 0.25) is 10.0 Å². The zero-order chi connectivity index (χ0) is 24.6. The summed E-state index contributed by atoms with van der Waals surface area (Å²) in [4.78, 5) is 4.02. The Kier molecular flexibility index (Phi) is 6.51. The molecule has 1 aliphatic carbocycles. The Labute approximate surface area is 193 Å². The fraction of sp³-hybridized carbons (Fsp3) is 0.364. The van der Waals surface area contributed by atoms with Crippen LogP contribution < -0.4 is 9.46 Å². The molecule has 0 saturated heterocycles. The van der Waals surface area contributed by atoms with E-state index in [1.54, 1.807) is 4.57 Å². The second-order valence-corrected chi connectivity index (χ2v) is 9.74. The average molecular weight is 496 g/mol. The second-order valence-electron chi connectivity index (χ2n) is 8.02. The number of benzene rings is 1. The van der Waals surface area contributed by atoms with Gasteiger partial charge in [-0.1, -0.05) is 0 Å². The maximum atomic E-state index is 14.5. The quantitative estimate of drug-likeness (QED) is 0.457. The lowest BCUT2D eigenvalue weighted by atomic mass is 9.92. The van der Waals surface area contributed by atoms with Gasteiger partial charge < -0.3 is 9.30 Å². The van der Waals surface area contributed by atoms with Crippen LogP contribution in [0.4, 0.5) is 17.6 Å². The fourth-order valence-corrected chi connectivity index (χ4v) is 5.10. The smallest absolute Gasteiger partial charge is 0.387 e. The standard InChI is InChI=1S/C22H20F4N4O3S/c1-12(9-23)29-34(31,32)14-5-6-18(28-11-14)21-16(10-27)15-7-17(24)20(33-22(25)26)8-19(15)30(21)13-3-2-4-13/h5-8,11-13,22,29H,2-4,9H2,1H3/t12-/m1/s1. The molecule has 0 unspecified atom stereocenters. The van der Waals surface area contributed by atoms with Gasteiger partial charge in [-0.2, -0.15) is 14.0 Å². The highest BCUT2D eigenvalue weighted by Crippen LogP contribution is 2.43. The highest BCUT2D eigenvalue weighted by molar-refractivity contribution is 7.89. The van der Waals surface area contributed by atoms with E-state index in [2.05, 4.69) is 14.4 Å². The molecule has 3 aromatic rings. The third-order valence-electron chi connectivity index (χ3n) is 5.70. The van der Waals surface area contributed by atoms with Crippen LogP contribution >= 0.6 is 0 Å². The molecule has 34 heavy (non-hydrogen) atoms. The highest BCUT2D eigenvalue weighted by atomic mass is 32.2. The zero-order valence-electron chi connectivity index (χ0n) is 17.9. The van der Waals surface area contributed by atoms with Crippen molar-refractivity contribution in [1.29, 1.82) is 5.26 Å². The molecule has 0 bridgehead atoms. The predicted octanol–water partition coefficient (Wildman–Crippen LogP) is 4.68. The number of ether oxygens (including phenoxy) is 1. The van der Waals surface area contributed by atoms with Crippen LogP contribution in [0.15, 0.2) is 35.4 Å². The number of rotatable bonds is 8. The van der Waals surface area contributed by atoms with Crippen molar-refractivity contribution in [3.8, 4) is 23.2 Å². The van der Waals surface area contributed by atoms with E-state index in [4.69, 9.17) is 0 Å². The number of nitriles is 1. The van der Waals surface area contributed by atoms with Gasteiger partial charge in [-0.25, -0.2) is 21.9 Å². The topological polar surface area (TPSA) is 97.0 Å². The van der Waals surface area contributed by atoms with E-state index < -0.39 is 40.9 Å². The number of fused-ring (bicyclic) bond motifs is 1. The van der Waals surface area contributed by atoms with Crippen molar-refractivity contribution in [3.63, 3.8) is 0 Å². The molecule has 4 rings (SSSR count). The Bertz CT molecular complexity index is 1360. The number of alkyl halides is 3. The van der Waals surface area contributed by atoms with E-state index in [1.807, 2.05) is 6.07 Å². The van der Waals surface area contributed by atoms with E-state index in [0.717, 1.165) is 37.6 Å². The average Bonchev–Trinajstić information content (AvgIpc) is 3.05. The first kappa shape index (κ1) is 24.0. The second kappa shape index (κ2) is 9.23. The molecule has 0 spiro atoms. The third-order valence-corrected chi connectivity index (χ3v) is 7.28. The molecule has 1 saturated carbocycles. The summed E-state index contributed by atoms with van der Waals surface area (Å²) in [5.74, 6) is -1.68. The summed E-state index contributed by atoms with van der Waals surface area (Å²) in [7, 11) is -4.02. The van der Waals surface area contributed by atoms with Crippen LogP contribution in [0.5, 0.6) is 5.75 Å². The summed E-state index contributed by atoms with van der Waals surface area (Å²) in [6.45, 7) is -2.73. The van der Waals surface area contributed by atoms with Crippen molar-refractivity contribution >= 4 is 20.9 Å². The van der Waals surface area contributed by atoms with Gasteiger partial charge in [0.25, 0.3) is 0 Å². The van der Waals surface area contributed by atoms with Crippen molar-refractivity contribution < 1.29 is 30.7 Å². The molecule has 12 heteroatoms. The van der Waals surface area contributed by atoms with Gasteiger partial charge in [-0.15, -0.1) is 0 Å². The molecular formula is C22H20F4N4O3S. The Balaban J connectivity index is 1.87. The minimum absolute atomic E-state index is 0.0803. The van der Waals surface area contributed by atoms with Gasteiger partial charge in [-0.3, -0.25) is 4.98 Å². The van der Waals surface area contributed by atoms with Gasteiger partial charge in [0.1, 0.15) is 17.6 Å². The molecule has 1 N–H and O–H groups in total. The van der Waals surface area contributed by atoms with E-state index >= 15 is 0 Å². The Morgan fingerprint density at radius 1 is 1.32 bits per heavy atom. The molecule has 2 aromatic heterocycles. The van der Waals surface area contributed by atoms with E-state index in [9.17, 15) is 31.2 Å². The monoisotopic (exact) mass is 496 g/mol. The fourth-order valence-electron chi connectivity index (χ4n) is 3.93. The van der Waals surface area contributed by atoms with Crippen molar-refractivity contribution in [1.82, 2.24) is 14.3 Å². The van der Waals surface area contributed by atoms with Gasteiger partial charge in [0.15, 0.2) is 11.6 Å². The van der Waals surface area contributed by atoms with Gasteiger partial charge in [0, 0.05) is 29.7 Å². The third kappa shape index (κ3) is 4.33. The van der Waals surface area contributed by atoms with Crippen molar-refractivity contribution in [2.45, 2.75) is 49.8 Å². The first-order valence-electron chi connectivity index (χ1n) is 10.4. The van der Waals surface area contributed by atoms with Gasteiger partial charge in [-0.05, 0) is 44.4 Å². The van der Waals surface area contributed by atoms with Crippen LogP contribution in [-0.4, -0.2) is 37.3 Å². The van der Waals surface area contributed by atoms with Crippen LogP contribution in [0, 0.1) is 17.1 Å². The molecule has 0 aliphatic heterocycles. The first-order chi connectivity index (χ1) is 16.2. The number of aromatic nitrogens is 2. The zero-order valence-corrected chi connectivity index (χ0v) is 18.8. The number of pyridine rings is 1. The Morgan fingerprint density at radius 3 is 2.59 bits per heavy atom. The molecule has 180 valence electrons. The maximum Gasteiger partial charge on any atom is 0.387 e. The molecule has 7 nitrogen and oxygen atoms in total. The number of nitrogens with zero attached hydrogens (tertiary/aromatic N) is 3. The molecule has 1 fully saturated rings. The van der Waals surface area contributed by atoms with Crippen molar-refractivity contribution in [2.75, 3.05) is 6.67 Å². The molecule has 1 aromatic carbocycles. The van der Waals surface area contributed by atoms with E-state index in [0.29, 0.717) is 11.2 Å². The molecule has 2 heterocycles. The highest BCUT2D eigenvalue weighted by Gasteiger charge is 2.30. The van der Waals surface area contributed by atoms with Crippen LogP contribution in [0.2, 0.25) is 0 Å². The van der Waals surface area contributed by atoms with Crippen LogP contribution in [0.1, 0.15) is 37.8 Å². The normalized spacial score (nSPS) is 15.3. The molecule has 0 radical (unpaired) electrons. The van der Waals surface area contributed by atoms with E-state index in [-0.39, 0.29) is 27.6 Å². The number of halogens is 4. The predicted molar refractivity (Wildman–Crippen MR) is 115 cm³/mol. The van der Waals surface area contributed by atoms with Crippen LogP contribution in [-0.2, 0) is 10.0 Å². The lowest BCUT2D eigenvalue weighted by molar-refractivity contribution is -0.0521. The van der Waals surface area contributed by atoms with Gasteiger partial charge >= 0.3 is 6.61 Å². The molecule has 1 aliphatic rings. The van der Waals surface area contributed by atoms with Crippen LogP contribution in [0.3, 0.4) is 0 Å². The number of hydrogen-bond donors (Lipinski definition) is 1.